The number of aldehydes is 1. The predicted octanol–water partition coefficient (Wildman–Crippen LogP) is 2.02. The van der Waals surface area contributed by atoms with Gasteiger partial charge >= 0.3 is 0 Å². The van der Waals surface area contributed by atoms with E-state index in [-0.39, 0.29) is 0 Å². The first kappa shape index (κ1) is 7.92. The molecule has 0 aliphatic carbocycles. The summed E-state index contributed by atoms with van der Waals surface area (Å²) in [7, 11) is 0. The van der Waals surface area contributed by atoms with Crippen molar-refractivity contribution in [3.8, 4) is 0 Å². The van der Waals surface area contributed by atoms with Gasteiger partial charge in [0.1, 0.15) is 0 Å². The highest BCUT2D eigenvalue weighted by atomic mass is 16.1. The molecule has 0 fully saturated rings. The first-order valence-electron chi connectivity index (χ1n) is 3.64. The van der Waals surface area contributed by atoms with Crippen LogP contribution in [0.25, 0.3) is 0 Å². The van der Waals surface area contributed by atoms with E-state index in [0.29, 0.717) is 11.5 Å². The molecule has 0 aliphatic rings. The summed E-state index contributed by atoms with van der Waals surface area (Å²) < 4.78 is 0. The van der Waals surface area contributed by atoms with Crippen molar-refractivity contribution >= 4 is 6.29 Å². The van der Waals surface area contributed by atoms with Crippen molar-refractivity contribution in [2.75, 3.05) is 0 Å². The van der Waals surface area contributed by atoms with Crippen LogP contribution in [-0.4, -0.2) is 11.3 Å². The van der Waals surface area contributed by atoms with Crippen molar-refractivity contribution < 1.29 is 4.79 Å². The SMILES string of the molecule is CC(C)c1cncc(C=O)c1. The molecule has 0 atom stereocenters. The van der Waals surface area contributed by atoms with E-state index in [1.807, 2.05) is 6.07 Å². The van der Waals surface area contributed by atoms with E-state index in [1.165, 1.54) is 0 Å². The lowest BCUT2D eigenvalue weighted by Gasteiger charge is -2.03. The maximum absolute atomic E-state index is 10.3. The smallest absolute Gasteiger partial charge is 0.151 e. The molecular weight excluding hydrogens is 138 g/mol. The van der Waals surface area contributed by atoms with Crippen molar-refractivity contribution in [2.45, 2.75) is 19.8 Å². The number of carbonyl (C=O) groups excluding carboxylic acids is 1. The average Bonchev–Trinajstić information content (AvgIpc) is 2.05. The zero-order valence-electron chi connectivity index (χ0n) is 6.74. The fraction of sp³-hybridized carbons (Fsp3) is 0.333. The van der Waals surface area contributed by atoms with Crippen LogP contribution in [0.4, 0.5) is 0 Å². The summed E-state index contributed by atoms with van der Waals surface area (Å²) >= 11 is 0. The minimum atomic E-state index is 0.433. The first-order valence-corrected chi connectivity index (χ1v) is 3.64. The Kier molecular flexibility index (Phi) is 2.36. The number of carbonyl (C=O) groups is 1. The van der Waals surface area contributed by atoms with Gasteiger partial charge in [0.25, 0.3) is 0 Å². The van der Waals surface area contributed by atoms with E-state index in [2.05, 4.69) is 18.8 Å². The van der Waals surface area contributed by atoms with Gasteiger partial charge in [0.15, 0.2) is 6.29 Å². The Morgan fingerprint density at radius 2 is 2.18 bits per heavy atom. The summed E-state index contributed by atoms with van der Waals surface area (Å²) in [6, 6.07) is 1.87. The van der Waals surface area contributed by atoms with Gasteiger partial charge in [0.2, 0.25) is 0 Å². The molecule has 0 aliphatic heterocycles. The minimum Gasteiger partial charge on any atom is -0.298 e. The number of pyridine rings is 1. The Morgan fingerprint density at radius 3 is 2.73 bits per heavy atom. The van der Waals surface area contributed by atoms with Gasteiger partial charge in [-0.2, -0.15) is 0 Å². The molecule has 1 aromatic heterocycles. The van der Waals surface area contributed by atoms with Crippen molar-refractivity contribution in [1.29, 1.82) is 0 Å². The van der Waals surface area contributed by atoms with E-state index < -0.39 is 0 Å². The standard InChI is InChI=1S/C9H11NO/c1-7(2)9-3-8(6-11)4-10-5-9/h3-7H,1-2H3. The second-order valence-corrected chi connectivity index (χ2v) is 2.82. The number of rotatable bonds is 2. The van der Waals surface area contributed by atoms with Crippen LogP contribution in [0.2, 0.25) is 0 Å². The Balaban J connectivity index is 3.00. The van der Waals surface area contributed by atoms with Gasteiger partial charge in [-0.1, -0.05) is 13.8 Å². The van der Waals surface area contributed by atoms with Crippen LogP contribution in [0, 0.1) is 0 Å². The molecule has 0 saturated heterocycles. The maximum atomic E-state index is 10.3. The third-order valence-electron chi connectivity index (χ3n) is 1.58. The molecule has 0 radical (unpaired) electrons. The van der Waals surface area contributed by atoms with Crippen molar-refractivity contribution in [2.24, 2.45) is 0 Å². The largest absolute Gasteiger partial charge is 0.298 e. The van der Waals surface area contributed by atoms with E-state index in [0.717, 1.165) is 11.8 Å². The van der Waals surface area contributed by atoms with Gasteiger partial charge in [0, 0.05) is 18.0 Å². The summed E-state index contributed by atoms with van der Waals surface area (Å²) in [5, 5.41) is 0. The lowest BCUT2D eigenvalue weighted by Crippen LogP contribution is -1.91. The third-order valence-corrected chi connectivity index (χ3v) is 1.58. The Hall–Kier alpha value is -1.18. The van der Waals surface area contributed by atoms with E-state index in [9.17, 15) is 4.79 Å². The van der Waals surface area contributed by atoms with Crippen molar-refractivity contribution in [3.05, 3.63) is 29.6 Å². The lowest BCUT2D eigenvalue weighted by atomic mass is 10.0. The minimum absolute atomic E-state index is 0.433. The highest BCUT2D eigenvalue weighted by Gasteiger charge is 1.99. The van der Waals surface area contributed by atoms with Crippen LogP contribution in [-0.2, 0) is 0 Å². The topological polar surface area (TPSA) is 30.0 Å². The molecule has 0 unspecified atom stereocenters. The molecule has 0 bridgehead atoms. The Morgan fingerprint density at radius 1 is 1.45 bits per heavy atom. The molecule has 2 nitrogen and oxygen atoms in total. The van der Waals surface area contributed by atoms with Gasteiger partial charge in [-0.25, -0.2) is 0 Å². The average molecular weight is 149 g/mol. The summed E-state index contributed by atoms with van der Waals surface area (Å²) in [5.74, 6) is 0.433. The van der Waals surface area contributed by atoms with Gasteiger partial charge in [-0.05, 0) is 17.5 Å². The van der Waals surface area contributed by atoms with Gasteiger partial charge in [-0.15, -0.1) is 0 Å². The van der Waals surface area contributed by atoms with Crippen LogP contribution < -0.4 is 0 Å². The number of nitrogens with zero attached hydrogens (tertiary/aromatic N) is 1. The highest BCUT2D eigenvalue weighted by Crippen LogP contribution is 2.12. The van der Waals surface area contributed by atoms with Crippen LogP contribution in [0.3, 0.4) is 0 Å². The summed E-state index contributed by atoms with van der Waals surface area (Å²) in [5.41, 5.74) is 1.76. The number of hydrogen-bond acceptors (Lipinski definition) is 2. The summed E-state index contributed by atoms with van der Waals surface area (Å²) in [6.07, 6.45) is 4.18. The molecule has 0 spiro atoms. The molecule has 1 heterocycles. The van der Waals surface area contributed by atoms with E-state index in [1.54, 1.807) is 12.4 Å². The molecule has 11 heavy (non-hydrogen) atoms. The number of hydrogen-bond donors (Lipinski definition) is 0. The van der Waals surface area contributed by atoms with Crippen LogP contribution in [0.1, 0.15) is 35.7 Å². The zero-order chi connectivity index (χ0) is 8.27. The van der Waals surface area contributed by atoms with E-state index >= 15 is 0 Å². The van der Waals surface area contributed by atoms with Gasteiger partial charge in [-0.3, -0.25) is 9.78 Å². The molecule has 1 rings (SSSR count). The second-order valence-electron chi connectivity index (χ2n) is 2.82. The van der Waals surface area contributed by atoms with Crippen LogP contribution in [0.5, 0.6) is 0 Å². The quantitative estimate of drug-likeness (QED) is 0.602. The molecule has 0 N–H and O–H groups in total. The van der Waals surface area contributed by atoms with Gasteiger partial charge < -0.3 is 0 Å². The van der Waals surface area contributed by atoms with Crippen molar-refractivity contribution in [3.63, 3.8) is 0 Å². The molecule has 2 heteroatoms. The zero-order valence-corrected chi connectivity index (χ0v) is 6.74. The fourth-order valence-corrected chi connectivity index (χ4v) is 0.857. The highest BCUT2D eigenvalue weighted by molar-refractivity contribution is 5.74. The second kappa shape index (κ2) is 3.28. The Labute approximate surface area is 66.3 Å². The molecular formula is C9H11NO. The van der Waals surface area contributed by atoms with Crippen LogP contribution in [0.15, 0.2) is 18.5 Å². The Bertz CT molecular complexity index is 255. The molecule has 0 saturated carbocycles. The molecule has 58 valence electrons. The summed E-state index contributed by atoms with van der Waals surface area (Å²) in [4.78, 5) is 14.3. The predicted molar refractivity (Wildman–Crippen MR) is 43.7 cm³/mol. The monoisotopic (exact) mass is 149 g/mol. The molecule has 0 aromatic carbocycles. The first-order chi connectivity index (χ1) is 5.24. The molecule has 0 amide bonds. The normalized spacial score (nSPS) is 10.1. The van der Waals surface area contributed by atoms with Gasteiger partial charge in [0.05, 0.1) is 0 Å². The summed E-state index contributed by atoms with van der Waals surface area (Å²) in [6.45, 7) is 4.15. The molecule has 1 aromatic rings. The third kappa shape index (κ3) is 1.87. The maximum Gasteiger partial charge on any atom is 0.151 e. The lowest BCUT2D eigenvalue weighted by molar-refractivity contribution is 0.112. The fourth-order valence-electron chi connectivity index (χ4n) is 0.857. The number of aromatic nitrogens is 1. The van der Waals surface area contributed by atoms with Crippen molar-refractivity contribution in [1.82, 2.24) is 4.98 Å². The van der Waals surface area contributed by atoms with E-state index in [4.69, 9.17) is 0 Å². The van der Waals surface area contributed by atoms with Crippen LogP contribution >= 0.6 is 0 Å².